The van der Waals surface area contributed by atoms with Crippen LogP contribution in [0.25, 0.3) is 0 Å². The van der Waals surface area contributed by atoms with Crippen molar-refractivity contribution in [2.24, 2.45) is 11.8 Å². The van der Waals surface area contributed by atoms with Crippen LogP contribution in [0.5, 0.6) is 0 Å². The number of methoxy groups -OCH3 is 4. The Balaban J connectivity index is 2.53. The number of rotatable bonds is 18. The molecule has 0 aromatic heterocycles. The second kappa shape index (κ2) is 17.5. The number of carbonyl (C=O) groups excluding carboxylic acids is 1. The minimum Gasteiger partial charge on any atom is -0.381 e. The number of nitrogens with zero attached hydrogens (tertiary/aromatic N) is 1. The molecule has 6 nitrogen and oxygen atoms in total. The van der Waals surface area contributed by atoms with Crippen molar-refractivity contribution in [3.63, 3.8) is 0 Å². The average Bonchev–Trinajstić information content (AvgIpc) is 3.18. The Morgan fingerprint density at radius 3 is 2.27 bits per heavy atom. The van der Waals surface area contributed by atoms with Crippen molar-refractivity contribution in [1.82, 2.24) is 4.90 Å². The lowest BCUT2D eigenvalue weighted by Crippen LogP contribution is -2.35. The third kappa shape index (κ3) is 10.5. The van der Waals surface area contributed by atoms with E-state index < -0.39 is 0 Å². The van der Waals surface area contributed by atoms with Gasteiger partial charge in [-0.25, -0.2) is 0 Å². The highest BCUT2D eigenvalue weighted by molar-refractivity contribution is 5.75. The maximum atomic E-state index is 12.2. The van der Waals surface area contributed by atoms with Crippen LogP contribution < -0.4 is 0 Å². The van der Waals surface area contributed by atoms with Gasteiger partial charge >= 0.3 is 0 Å². The van der Waals surface area contributed by atoms with Crippen LogP contribution in [0.4, 0.5) is 0 Å². The Morgan fingerprint density at radius 2 is 1.67 bits per heavy atom. The van der Waals surface area contributed by atoms with Gasteiger partial charge in [-0.15, -0.1) is 0 Å². The van der Waals surface area contributed by atoms with E-state index in [4.69, 9.17) is 18.9 Å². The van der Waals surface area contributed by atoms with Crippen LogP contribution in [0.3, 0.4) is 0 Å². The zero-order chi connectivity index (χ0) is 24.6. The molecule has 6 heteroatoms. The van der Waals surface area contributed by atoms with Gasteiger partial charge in [0.25, 0.3) is 0 Å². The Kier molecular flexibility index (Phi) is 15.9. The molecule has 0 bridgehead atoms. The van der Waals surface area contributed by atoms with Gasteiger partial charge in [0.05, 0.1) is 18.3 Å². The molecule has 0 heterocycles. The summed E-state index contributed by atoms with van der Waals surface area (Å²) >= 11 is 0. The smallest absolute Gasteiger partial charge is 0.224 e. The summed E-state index contributed by atoms with van der Waals surface area (Å²) < 4.78 is 22.6. The van der Waals surface area contributed by atoms with Gasteiger partial charge in [-0.3, -0.25) is 4.79 Å². The van der Waals surface area contributed by atoms with Crippen LogP contribution in [0.15, 0.2) is 12.2 Å². The fourth-order valence-electron chi connectivity index (χ4n) is 4.94. The van der Waals surface area contributed by atoms with E-state index in [0.717, 1.165) is 44.9 Å². The SMILES string of the molecule is CCCCCC(/C=C/[C@H]1C(OC)CC(OC)[C@@H]1CCCCCCC(=O)N(C)C(C)OC)OC. The summed E-state index contributed by atoms with van der Waals surface area (Å²) in [6.07, 6.45) is 16.7. The first-order valence-corrected chi connectivity index (χ1v) is 13.0. The van der Waals surface area contributed by atoms with E-state index in [9.17, 15) is 4.79 Å². The highest BCUT2D eigenvalue weighted by Crippen LogP contribution is 2.40. The number of carbonyl (C=O) groups is 1. The van der Waals surface area contributed by atoms with Crippen molar-refractivity contribution in [1.29, 1.82) is 0 Å². The zero-order valence-electron chi connectivity index (χ0n) is 22.4. The first-order valence-electron chi connectivity index (χ1n) is 13.0. The van der Waals surface area contributed by atoms with Crippen molar-refractivity contribution in [3.8, 4) is 0 Å². The number of unbranched alkanes of at least 4 members (excludes halogenated alkanes) is 5. The molecule has 4 unspecified atom stereocenters. The molecule has 1 rings (SSSR count). The highest BCUT2D eigenvalue weighted by Gasteiger charge is 2.41. The van der Waals surface area contributed by atoms with E-state index in [1.54, 1.807) is 26.2 Å². The summed E-state index contributed by atoms with van der Waals surface area (Å²) in [5.74, 6) is 0.966. The molecule has 1 fully saturated rings. The Bertz CT molecular complexity index is 541. The molecular formula is C27H51NO5. The molecule has 33 heavy (non-hydrogen) atoms. The molecule has 0 aromatic rings. The monoisotopic (exact) mass is 469 g/mol. The standard InChI is InChI=1S/C27H51NO5/c1-8-9-12-15-22(31-5)18-19-24-23(25(32-6)20-26(24)33-7)16-13-10-11-14-17-27(29)28(3)21(2)30-4/h18-19,21-26H,8-17,20H2,1-7H3/b19-18+/t21?,22?,23-,24-,25?,26?/m1/s1. The Morgan fingerprint density at radius 1 is 0.970 bits per heavy atom. The van der Waals surface area contributed by atoms with Crippen molar-refractivity contribution in [2.45, 2.75) is 109 Å². The fourth-order valence-corrected chi connectivity index (χ4v) is 4.94. The molecule has 1 aliphatic rings. The number of ether oxygens (including phenoxy) is 4. The quantitative estimate of drug-likeness (QED) is 0.149. The molecule has 0 aliphatic heterocycles. The van der Waals surface area contributed by atoms with Crippen LogP contribution in [-0.4, -0.2) is 70.8 Å². The summed E-state index contributed by atoms with van der Waals surface area (Å²) in [6, 6.07) is 0. The van der Waals surface area contributed by atoms with Gasteiger partial charge in [0.1, 0.15) is 6.23 Å². The first kappa shape index (κ1) is 30.1. The first-order chi connectivity index (χ1) is 15.9. The van der Waals surface area contributed by atoms with Gasteiger partial charge in [-0.05, 0) is 32.1 Å². The maximum absolute atomic E-state index is 12.2. The molecule has 6 atom stereocenters. The number of hydrogen-bond donors (Lipinski definition) is 0. The average molecular weight is 470 g/mol. The van der Waals surface area contributed by atoms with Gasteiger partial charge in [0.2, 0.25) is 5.91 Å². The lowest BCUT2D eigenvalue weighted by molar-refractivity contribution is -0.139. The van der Waals surface area contributed by atoms with E-state index in [1.165, 1.54) is 19.3 Å². The third-order valence-electron chi connectivity index (χ3n) is 7.37. The van der Waals surface area contributed by atoms with Gasteiger partial charge in [-0.2, -0.15) is 0 Å². The van der Waals surface area contributed by atoms with Crippen molar-refractivity contribution in [3.05, 3.63) is 12.2 Å². The Labute approximate surface area is 203 Å². The molecule has 0 radical (unpaired) electrons. The molecule has 1 amide bonds. The van der Waals surface area contributed by atoms with Crippen LogP contribution >= 0.6 is 0 Å². The second-order valence-electron chi connectivity index (χ2n) is 9.47. The van der Waals surface area contributed by atoms with E-state index in [-0.39, 0.29) is 30.4 Å². The Hall–Kier alpha value is -0.950. The van der Waals surface area contributed by atoms with Crippen LogP contribution in [-0.2, 0) is 23.7 Å². The van der Waals surface area contributed by atoms with E-state index in [0.29, 0.717) is 18.3 Å². The molecule has 1 saturated carbocycles. The minimum atomic E-state index is -0.172. The largest absolute Gasteiger partial charge is 0.381 e. The number of amides is 1. The number of hydrogen-bond acceptors (Lipinski definition) is 5. The van der Waals surface area contributed by atoms with Crippen LogP contribution in [0.1, 0.15) is 84.5 Å². The molecule has 1 aliphatic carbocycles. The normalized spacial score (nSPS) is 24.9. The highest BCUT2D eigenvalue weighted by atomic mass is 16.5. The fraction of sp³-hybridized carbons (Fsp3) is 0.889. The van der Waals surface area contributed by atoms with Crippen molar-refractivity contribution >= 4 is 5.91 Å². The van der Waals surface area contributed by atoms with E-state index >= 15 is 0 Å². The van der Waals surface area contributed by atoms with Gasteiger partial charge in [-0.1, -0.05) is 57.6 Å². The summed E-state index contributed by atoms with van der Waals surface area (Å²) in [6.45, 7) is 4.12. The lowest BCUT2D eigenvalue weighted by Gasteiger charge is -2.24. The van der Waals surface area contributed by atoms with Crippen LogP contribution in [0.2, 0.25) is 0 Å². The molecular weight excluding hydrogens is 418 g/mol. The van der Waals surface area contributed by atoms with Crippen LogP contribution in [0, 0.1) is 11.8 Å². The summed E-state index contributed by atoms with van der Waals surface area (Å²) in [5, 5.41) is 0. The van der Waals surface area contributed by atoms with E-state index in [2.05, 4.69) is 19.1 Å². The lowest BCUT2D eigenvalue weighted by atomic mass is 9.87. The third-order valence-corrected chi connectivity index (χ3v) is 7.37. The zero-order valence-corrected chi connectivity index (χ0v) is 22.4. The maximum Gasteiger partial charge on any atom is 0.224 e. The summed E-state index contributed by atoms with van der Waals surface area (Å²) in [7, 11) is 8.87. The molecule has 0 N–H and O–H groups in total. The van der Waals surface area contributed by atoms with Gasteiger partial charge < -0.3 is 23.8 Å². The van der Waals surface area contributed by atoms with Gasteiger partial charge in [0, 0.05) is 54.2 Å². The predicted octanol–water partition coefficient (Wildman–Crippen LogP) is 5.60. The minimum absolute atomic E-state index is 0.152. The molecule has 0 saturated heterocycles. The molecule has 194 valence electrons. The topological polar surface area (TPSA) is 57.2 Å². The summed E-state index contributed by atoms with van der Waals surface area (Å²) in [5.41, 5.74) is 0. The van der Waals surface area contributed by atoms with E-state index in [1.807, 2.05) is 21.1 Å². The van der Waals surface area contributed by atoms with Crippen molar-refractivity contribution in [2.75, 3.05) is 35.5 Å². The predicted molar refractivity (Wildman–Crippen MR) is 134 cm³/mol. The second-order valence-corrected chi connectivity index (χ2v) is 9.47. The van der Waals surface area contributed by atoms with Gasteiger partial charge in [0.15, 0.2) is 0 Å². The summed E-state index contributed by atoms with van der Waals surface area (Å²) in [4.78, 5) is 13.9. The van der Waals surface area contributed by atoms with Crippen molar-refractivity contribution < 1.29 is 23.7 Å². The molecule has 0 spiro atoms. The molecule has 0 aromatic carbocycles.